The van der Waals surface area contributed by atoms with E-state index in [0.717, 1.165) is 18.4 Å². The molecule has 2 rings (SSSR count). The van der Waals surface area contributed by atoms with E-state index in [9.17, 15) is 8.78 Å². The number of hydrogen-bond acceptors (Lipinski definition) is 4. The summed E-state index contributed by atoms with van der Waals surface area (Å²) in [6.07, 6.45) is 1.25. The minimum absolute atomic E-state index is 0.0328. The van der Waals surface area contributed by atoms with Gasteiger partial charge in [-0.15, -0.1) is 0 Å². The molecule has 0 aromatic heterocycles. The van der Waals surface area contributed by atoms with Crippen molar-refractivity contribution < 1.29 is 23.4 Å². The van der Waals surface area contributed by atoms with Crippen LogP contribution in [0.25, 0.3) is 0 Å². The smallest absolute Gasteiger partial charge is 0.387 e. The lowest BCUT2D eigenvalue weighted by Crippen LogP contribution is -2.43. The van der Waals surface area contributed by atoms with E-state index in [1.807, 2.05) is 0 Å². The molecule has 0 heterocycles. The van der Waals surface area contributed by atoms with E-state index in [1.165, 1.54) is 13.2 Å². The Hall–Kier alpha value is -1.40. The molecule has 19 heavy (non-hydrogen) atoms. The molecule has 2 N–H and O–H groups in total. The molecule has 0 aliphatic heterocycles. The molecule has 0 saturated heterocycles. The van der Waals surface area contributed by atoms with E-state index < -0.39 is 6.61 Å². The lowest BCUT2D eigenvalue weighted by Gasteiger charge is -2.32. The standard InChI is InChI=1S/C13H17F2NO3/c1-18-11-3-2-8(4-12(11)19-13(14)15)7-16-9-5-10(17)6-9/h2-4,9-10,13,16-17H,5-7H2,1H3. The minimum Gasteiger partial charge on any atom is -0.493 e. The first kappa shape index (κ1) is 14.0. The number of alkyl halides is 2. The van der Waals surface area contributed by atoms with Crippen molar-refractivity contribution in [3.05, 3.63) is 23.8 Å². The normalized spacial score (nSPS) is 22.2. The van der Waals surface area contributed by atoms with Gasteiger partial charge in [0.1, 0.15) is 0 Å². The zero-order valence-electron chi connectivity index (χ0n) is 10.6. The van der Waals surface area contributed by atoms with Crippen molar-refractivity contribution in [1.29, 1.82) is 0 Å². The molecule has 1 aromatic carbocycles. The highest BCUT2D eigenvalue weighted by atomic mass is 19.3. The average molecular weight is 273 g/mol. The van der Waals surface area contributed by atoms with Gasteiger partial charge in [0.25, 0.3) is 0 Å². The van der Waals surface area contributed by atoms with E-state index in [4.69, 9.17) is 9.84 Å². The number of ether oxygens (including phenoxy) is 2. The highest BCUT2D eigenvalue weighted by Crippen LogP contribution is 2.29. The number of rotatable bonds is 6. The van der Waals surface area contributed by atoms with Gasteiger partial charge in [-0.3, -0.25) is 0 Å². The molecular formula is C13H17F2NO3. The van der Waals surface area contributed by atoms with Gasteiger partial charge in [0, 0.05) is 12.6 Å². The first-order valence-corrected chi connectivity index (χ1v) is 6.11. The van der Waals surface area contributed by atoms with Crippen LogP contribution in [0.5, 0.6) is 11.5 Å². The largest absolute Gasteiger partial charge is 0.493 e. The molecule has 0 bridgehead atoms. The lowest BCUT2D eigenvalue weighted by molar-refractivity contribution is -0.0512. The highest BCUT2D eigenvalue weighted by Gasteiger charge is 2.26. The number of hydrogen-bond donors (Lipinski definition) is 2. The van der Waals surface area contributed by atoms with Crippen LogP contribution >= 0.6 is 0 Å². The van der Waals surface area contributed by atoms with Crippen LogP contribution in [0.2, 0.25) is 0 Å². The topological polar surface area (TPSA) is 50.7 Å². The fourth-order valence-corrected chi connectivity index (χ4v) is 2.04. The van der Waals surface area contributed by atoms with Crippen molar-refractivity contribution in [3.8, 4) is 11.5 Å². The Morgan fingerprint density at radius 2 is 2.11 bits per heavy atom. The van der Waals surface area contributed by atoms with E-state index in [-0.39, 0.29) is 23.6 Å². The summed E-state index contributed by atoms with van der Waals surface area (Å²) in [5.74, 6) is 0.313. The molecule has 0 radical (unpaired) electrons. The van der Waals surface area contributed by atoms with Gasteiger partial charge >= 0.3 is 6.61 Å². The molecule has 0 amide bonds. The van der Waals surface area contributed by atoms with Crippen molar-refractivity contribution in [2.24, 2.45) is 0 Å². The third kappa shape index (κ3) is 3.78. The maximum Gasteiger partial charge on any atom is 0.387 e. The Balaban J connectivity index is 1.96. The monoisotopic (exact) mass is 273 g/mol. The Kier molecular flexibility index (Phi) is 4.55. The number of methoxy groups -OCH3 is 1. The summed E-state index contributed by atoms with van der Waals surface area (Å²) in [6.45, 7) is -2.33. The lowest BCUT2D eigenvalue weighted by atomic mass is 9.89. The van der Waals surface area contributed by atoms with E-state index in [2.05, 4.69) is 10.1 Å². The van der Waals surface area contributed by atoms with Crippen molar-refractivity contribution in [2.45, 2.75) is 38.1 Å². The van der Waals surface area contributed by atoms with Gasteiger partial charge in [0.05, 0.1) is 13.2 Å². The summed E-state index contributed by atoms with van der Waals surface area (Å²) >= 11 is 0. The second-order valence-electron chi connectivity index (χ2n) is 4.57. The average Bonchev–Trinajstić information content (AvgIpc) is 2.33. The van der Waals surface area contributed by atoms with Crippen LogP contribution in [0, 0.1) is 0 Å². The molecule has 6 heteroatoms. The predicted molar refractivity (Wildman–Crippen MR) is 65.5 cm³/mol. The van der Waals surface area contributed by atoms with Crippen LogP contribution in [0.15, 0.2) is 18.2 Å². The molecule has 1 saturated carbocycles. The number of aliphatic hydroxyl groups is 1. The SMILES string of the molecule is COc1ccc(CNC2CC(O)C2)cc1OC(F)F. The summed E-state index contributed by atoms with van der Waals surface area (Å²) in [5, 5.41) is 12.4. The highest BCUT2D eigenvalue weighted by molar-refractivity contribution is 5.43. The second-order valence-corrected chi connectivity index (χ2v) is 4.57. The minimum atomic E-state index is -2.88. The molecule has 0 spiro atoms. The number of benzene rings is 1. The summed E-state index contributed by atoms with van der Waals surface area (Å²) in [6, 6.07) is 5.22. The van der Waals surface area contributed by atoms with Crippen LogP contribution in [0.4, 0.5) is 8.78 Å². The fraction of sp³-hybridized carbons (Fsp3) is 0.538. The van der Waals surface area contributed by atoms with Crippen molar-refractivity contribution >= 4 is 0 Å². The van der Waals surface area contributed by atoms with Gasteiger partial charge in [-0.25, -0.2) is 0 Å². The summed E-state index contributed by atoms with van der Waals surface area (Å²) in [7, 11) is 1.40. The number of aliphatic hydroxyl groups excluding tert-OH is 1. The molecule has 1 aliphatic carbocycles. The third-order valence-electron chi connectivity index (χ3n) is 3.15. The Bertz CT molecular complexity index is 422. The third-order valence-corrected chi connectivity index (χ3v) is 3.15. The maximum absolute atomic E-state index is 12.3. The van der Waals surface area contributed by atoms with Gasteiger partial charge in [0.15, 0.2) is 11.5 Å². The van der Waals surface area contributed by atoms with Crippen LogP contribution in [-0.2, 0) is 6.54 Å². The quantitative estimate of drug-likeness (QED) is 0.831. The first-order valence-electron chi connectivity index (χ1n) is 6.11. The summed E-state index contributed by atoms with van der Waals surface area (Å²) in [4.78, 5) is 0. The first-order chi connectivity index (χ1) is 9.08. The molecule has 1 aromatic rings. The van der Waals surface area contributed by atoms with Crippen LogP contribution in [0.3, 0.4) is 0 Å². The Morgan fingerprint density at radius 3 is 2.68 bits per heavy atom. The predicted octanol–water partition coefficient (Wildman–Crippen LogP) is 1.91. The van der Waals surface area contributed by atoms with Crippen LogP contribution in [0.1, 0.15) is 18.4 Å². The zero-order chi connectivity index (χ0) is 13.8. The number of nitrogens with one attached hydrogen (secondary N) is 1. The van der Waals surface area contributed by atoms with Crippen molar-refractivity contribution in [3.63, 3.8) is 0 Å². The molecule has 0 atom stereocenters. The van der Waals surface area contributed by atoms with Gasteiger partial charge in [-0.1, -0.05) is 6.07 Å². The molecule has 4 nitrogen and oxygen atoms in total. The molecular weight excluding hydrogens is 256 g/mol. The summed E-state index contributed by atoms with van der Waals surface area (Å²) in [5.41, 5.74) is 0.831. The number of halogens is 2. The van der Waals surface area contributed by atoms with Crippen molar-refractivity contribution in [1.82, 2.24) is 5.32 Å². The van der Waals surface area contributed by atoms with Crippen LogP contribution in [-0.4, -0.2) is 31.0 Å². The molecule has 106 valence electrons. The Morgan fingerprint density at radius 1 is 1.37 bits per heavy atom. The molecule has 1 aliphatic rings. The second kappa shape index (κ2) is 6.16. The molecule has 0 unspecified atom stereocenters. The fourth-order valence-electron chi connectivity index (χ4n) is 2.04. The Labute approximate surface area is 110 Å². The van der Waals surface area contributed by atoms with Crippen molar-refractivity contribution in [2.75, 3.05) is 7.11 Å². The van der Waals surface area contributed by atoms with Gasteiger partial charge < -0.3 is 19.9 Å². The zero-order valence-corrected chi connectivity index (χ0v) is 10.6. The van der Waals surface area contributed by atoms with Crippen LogP contribution < -0.4 is 14.8 Å². The van der Waals surface area contributed by atoms with Gasteiger partial charge in [0.2, 0.25) is 0 Å². The summed E-state index contributed by atoms with van der Waals surface area (Å²) < 4.78 is 33.9. The maximum atomic E-state index is 12.3. The van der Waals surface area contributed by atoms with E-state index in [1.54, 1.807) is 12.1 Å². The van der Waals surface area contributed by atoms with E-state index >= 15 is 0 Å². The van der Waals surface area contributed by atoms with Gasteiger partial charge in [-0.2, -0.15) is 8.78 Å². The molecule has 1 fully saturated rings. The van der Waals surface area contributed by atoms with Gasteiger partial charge in [-0.05, 0) is 30.5 Å². The van der Waals surface area contributed by atoms with E-state index in [0.29, 0.717) is 6.54 Å².